The quantitative estimate of drug-likeness (QED) is 0.858. The third-order valence-corrected chi connectivity index (χ3v) is 2.57. The highest BCUT2D eigenvalue weighted by Crippen LogP contribution is 2.32. The SMILES string of the molecule is COc1cccc(F)c1-c1cc(N)n(CCO)n1. The number of anilines is 1. The van der Waals surface area contributed by atoms with Crippen molar-refractivity contribution in [3.8, 4) is 17.0 Å². The molecule has 18 heavy (non-hydrogen) atoms. The Balaban J connectivity index is 2.51. The zero-order valence-corrected chi connectivity index (χ0v) is 9.93. The maximum Gasteiger partial charge on any atom is 0.136 e. The Kier molecular flexibility index (Phi) is 3.47. The van der Waals surface area contributed by atoms with Crippen LogP contribution in [0.4, 0.5) is 10.2 Å². The van der Waals surface area contributed by atoms with Crippen LogP contribution in [-0.4, -0.2) is 28.6 Å². The van der Waals surface area contributed by atoms with Gasteiger partial charge in [0.25, 0.3) is 0 Å². The van der Waals surface area contributed by atoms with Gasteiger partial charge in [0.1, 0.15) is 23.1 Å². The molecule has 0 aliphatic heterocycles. The van der Waals surface area contributed by atoms with Gasteiger partial charge in [0.05, 0.1) is 25.8 Å². The van der Waals surface area contributed by atoms with Crippen molar-refractivity contribution in [2.24, 2.45) is 0 Å². The molecule has 0 aliphatic carbocycles. The van der Waals surface area contributed by atoms with Gasteiger partial charge in [0.15, 0.2) is 0 Å². The van der Waals surface area contributed by atoms with Crippen LogP contribution in [0.15, 0.2) is 24.3 Å². The molecule has 0 aliphatic rings. The molecule has 0 fully saturated rings. The van der Waals surface area contributed by atoms with E-state index in [2.05, 4.69) is 5.10 Å². The number of benzene rings is 1. The van der Waals surface area contributed by atoms with E-state index >= 15 is 0 Å². The Morgan fingerprint density at radius 2 is 2.28 bits per heavy atom. The van der Waals surface area contributed by atoms with Crippen molar-refractivity contribution in [3.05, 3.63) is 30.1 Å². The van der Waals surface area contributed by atoms with E-state index in [0.717, 1.165) is 0 Å². The van der Waals surface area contributed by atoms with Crippen molar-refractivity contribution >= 4 is 5.82 Å². The number of methoxy groups -OCH3 is 1. The molecule has 0 saturated carbocycles. The number of aliphatic hydroxyl groups excluding tert-OH is 1. The van der Waals surface area contributed by atoms with Crippen LogP contribution in [0.1, 0.15) is 0 Å². The summed E-state index contributed by atoms with van der Waals surface area (Å²) >= 11 is 0. The molecule has 1 aromatic heterocycles. The Labute approximate surface area is 104 Å². The second-order valence-corrected chi connectivity index (χ2v) is 3.72. The Morgan fingerprint density at radius 3 is 2.94 bits per heavy atom. The van der Waals surface area contributed by atoms with E-state index in [-0.39, 0.29) is 18.7 Å². The van der Waals surface area contributed by atoms with E-state index in [0.29, 0.717) is 17.3 Å². The summed E-state index contributed by atoms with van der Waals surface area (Å²) in [4.78, 5) is 0. The molecular weight excluding hydrogens is 237 g/mol. The van der Waals surface area contributed by atoms with Gasteiger partial charge in [-0.2, -0.15) is 5.10 Å². The van der Waals surface area contributed by atoms with Crippen LogP contribution in [0.3, 0.4) is 0 Å². The lowest BCUT2D eigenvalue weighted by atomic mass is 10.1. The summed E-state index contributed by atoms with van der Waals surface area (Å²) in [5, 5.41) is 13.0. The second-order valence-electron chi connectivity index (χ2n) is 3.72. The zero-order chi connectivity index (χ0) is 13.1. The van der Waals surface area contributed by atoms with Crippen molar-refractivity contribution in [1.82, 2.24) is 9.78 Å². The first-order valence-electron chi connectivity index (χ1n) is 5.44. The Bertz CT molecular complexity index is 554. The first-order valence-corrected chi connectivity index (χ1v) is 5.44. The summed E-state index contributed by atoms with van der Waals surface area (Å²) in [6, 6.07) is 6.10. The highest BCUT2D eigenvalue weighted by molar-refractivity contribution is 5.69. The molecule has 0 atom stereocenters. The largest absolute Gasteiger partial charge is 0.496 e. The number of aliphatic hydroxyl groups is 1. The molecule has 0 saturated heterocycles. The number of nitrogens with two attached hydrogens (primary N) is 1. The number of rotatable bonds is 4. The van der Waals surface area contributed by atoms with Crippen LogP contribution >= 0.6 is 0 Å². The fourth-order valence-corrected chi connectivity index (χ4v) is 1.75. The number of nitrogens with zero attached hydrogens (tertiary/aromatic N) is 2. The number of ether oxygens (including phenoxy) is 1. The lowest BCUT2D eigenvalue weighted by Gasteiger charge is -2.06. The number of hydrogen-bond donors (Lipinski definition) is 2. The predicted molar refractivity (Wildman–Crippen MR) is 65.7 cm³/mol. The minimum atomic E-state index is -0.428. The molecule has 1 heterocycles. The summed E-state index contributed by atoms with van der Waals surface area (Å²) in [5.74, 6) is 0.330. The van der Waals surface area contributed by atoms with E-state index in [1.165, 1.54) is 17.9 Å². The van der Waals surface area contributed by atoms with Gasteiger partial charge in [-0.25, -0.2) is 9.07 Å². The van der Waals surface area contributed by atoms with Crippen LogP contribution in [0, 0.1) is 5.82 Å². The maximum atomic E-state index is 13.8. The van der Waals surface area contributed by atoms with Gasteiger partial charge >= 0.3 is 0 Å². The van der Waals surface area contributed by atoms with Crippen molar-refractivity contribution in [2.45, 2.75) is 6.54 Å². The predicted octanol–water partition coefficient (Wildman–Crippen LogP) is 1.27. The average Bonchev–Trinajstić information content (AvgIpc) is 2.70. The number of hydrogen-bond acceptors (Lipinski definition) is 4. The molecule has 2 rings (SSSR count). The van der Waals surface area contributed by atoms with Gasteiger partial charge in [0.2, 0.25) is 0 Å². The minimum Gasteiger partial charge on any atom is -0.496 e. The molecule has 0 spiro atoms. The number of nitrogen functional groups attached to an aromatic ring is 1. The van der Waals surface area contributed by atoms with E-state index in [9.17, 15) is 4.39 Å². The number of halogens is 1. The molecule has 96 valence electrons. The summed E-state index contributed by atoms with van der Waals surface area (Å²) in [7, 11) is 1.46. The van der Waals surface area contributed by atoms with Gasteiger partial charge in [-0.3, -0.25) is 0 Å². The molecule has 3 N–H and O–H groups in total. The first-order chi connectivity index (χ1) is 8.67. The normalized spacial score (nSPS) is 10.6. The standard InChI is InChI=1S/C12H14FN3O2/c1-18-10-4-2-3-8(13)12(10)9-7-11(14)16(15-9)5-6-17/h2-4,7,17H,5-6,14H2,1H3. The fourth-order valence-electron chi connectivity index (χ4n) is 1.75. The smallest absolute Gasteiger partial charge is 0.136 e. The van der Waals surface area contributed by atoms with Crippen molar-refractivity contribution in [2.75, 3.05) is 19.5 Å². The van der Waals surface area contributed by atoms with Crippen LogP contribution in [-0.2, 0) is 6.54 Å². The van der Waals surface area contributed by atoms with E-state index in [1.807, 2.05) is 0 Å². The molecule has 0 amide bonds. The van der Waals surface area contributed by atoms with Crippen LogP contribution in [0.25, 0.3) is 11.3 Å². The third-order valence-electron chi connectivity index (χ3n) is 2.57. The molecule has 0 unspecified atom stereocenters. The van der Waals surface area contributed by atoms with Crippen LogP contribution < -0.4 is 10.5 Å². The molecular formula is C12H14FN3O2. The monoisotopic (exact) mass is 251 g/mol. The van der Waals surface area contributed by atoms with Gasteiger partial charge in [0, 0.05) is 6.07 Å². The molecule has 2 aromatic rings. The van der Waals surface area contributed by atoms with Gasteiger partial charge < -0.3 is 15.6 Å². The van der Waals surface area contributed by atoms with Crippen molar-refractivity contribution < 1.29 is 14.2 Å². The van der Waals surface area contributed by atoms with Gasteiger partial charge in [-0.1, -0.05) is 6.07 Å². The second kappa shape index (κ2) is 5.05. The summed E-state index contributed by atoms with van der Waals surface area (Å²) < 4.78 is 20.4. The van der Waals surface area contributed by atoms with E-state index in [1.54, 1.807) is 18.2 Å². The summed E-state index contributed by atoms with van der Waals surface area (Å²) in [6.45, 7) is 0.183. The Morgan fingerprint density at radius 1 is 1.50 bits per heavy atom. The maximum absolute atomic E-state index is 13.8. The van der Waals surface area contributed by atoms with Gasteiger partial charge in [-0.05, 0) is 12.1 Å². The molecule has 1 aromatic carbocycles. The topological polar surface area (TPSA) is 73.3 Å². The fraction of sp³-hybridized carbons (Fsp3) is 0.250. The Hall–Kier alpha value is -2.08. The van der Waals surface area contributed by atoms with Crippen LogP contribution in [0.5, 0.6) is 5.75 Å². The van der Waals surface area contributed by atoms with Crippen molar-refractivity contribution in [3.63, 3.8) is 0 Å². The van der Waals surface area contributed by atoms with Crippen molar-refractivity contribution in [1.29, 1.82) is 0 Å². The average molecular weight is 251 g/mol. The van der Waals surface area contributed by atoms with E-state index < -0.39 is 5.82 Å². The lowest BCUT2D eigenvalue weighted by Crippen LogP contribution is -2.07. The zero-order valence-electron chi connectivity index (χ0n) is 9.93. The molecule has 0 radical (unpaired) electrons. The third kappa shape index (κ3) is 2.14. The first kappa shape index (κ1) is 12.4. The lowest BCUT2D eigenvalue weighted by molar-refractivity contribution is 0.270. The van der Waals surface area contributed by atoms with E-state index in [4.69, 9.17) is 15.6 Å². The minimum absolute atomic E-state index is 0.0836. The molecule has 5 nitrogen and oxygen atoms in total. The molecule has 0 bridgehead atoms. The summed E-state index contributed by atoms with van der Waals surface area (Å²) in [6.07, 6.45) is 0. The highest BCUT2D eigenvalue weighted by atomic mass is 19.1. The van der Waals surface area contributed by atoms with Crippen LogP contribution in [0.2, 0.25) is 0 Å². The highest BCUT2D eigenvalue weighted by Gasteiger charge is 2.15. The van der Waals surface area contributed by atoms with Gasteiger partial charge in [-0.15, -0.1) is 0 Å². The number of aromatic nitrogens is 2. The molecule has 6 heteroatoms. The summed E-state index contributed by atoms with van der Waals surface area (Å²) in [5.41, 5.74) is 6.38.